The highest BCUT2D eigenvalue weighted by Gasteiger charge is 2.14. The number of rotatable bonds is 4. The number of benzene rings is 1. The summed E-state index contributed by atoms with van der Waals surface area (Å²) in [6, 6.07) is 9.42. The van der Waals surface area contributed by atoms with E-state index >= 15 is 0 Å². The third-order valence-corrected chi connectivity index (χ3v) is 3.47. The summed E-state index contributed by atoms with van der Waals surface area (Å²) in [5, 5.41) is 0. The summed E-state index contributed by atoms with van der Waals surface area (Å²) < 4.78 is 12.5. The van der Waals surface area contributed by atoms with Crippen molar-refractivity contribution in [3.63, 3.8) is 0 Å². The lowest BCUT2D eigenvalue weighted by Gasteiger charge is -2.11. The van der Waals surface area contributed by atoms with Crippen molar-refractivity contribution in [3.8, 4) is 17.2 Å². The Hall–Kier alpha value is -2.27. The fourth-order valence-electron chi connectivity index (χ4n) is 2.28. The molecule has 21 heavy (non-hydrogen) atoms. The highest BCUT2D eigenvalue weighted by molar-refractivity contribution is 6.16. The molecule has 2 heterocycles. The number of methoxy groups -OCH3 is 2. The standard InChI is InChI=1S/C15H14ClN3O2/c1-20-12-6-5-10(8-13(12)21-2)19-14(9-16)18-11-4-3-7-17-15(11)19/h3-8H,9H2,1-2H3. The zero-order valence-corrected chi connectivity index (χ0v) is 12.5. The van der Waals surface area contributed by atoms with E-state index in [9.17, 15) is 0 Å². The van der Waals surface area contributed by atoms with Gasteiger partial charge in [-0.15, -0.1) is 11.6 Å². The summed E-state index contributed by atoms with van der Waals surface area (Å²) in [5.41, 5.74) is 2.45. The van der Waals surface area contributed by atoms with E-state index in [4.69, 9.17) is 21.1 Å². The number of halogens is 1. The second-order valence-electron chi connectivity index (χ2n) is 4.38. The zero-order chi connectivity index (χ0) is 14.8. The van der Waals surface area contributed by atoms with Gasteiger partial charge in [0.2, 0.25) is 0 Å². The molecule has 0 amide bonds. The Labute approximate surface area is 127 Å². The van der Waals surface area contributed by atoms with Crippen LogP contribution in [-0.2, 0) is 5.88 Å². The highest BCUT2D eigenvalue weighted by atomic mass is 35.5. The van der Waals surface area contributed by atoms with Crippen LogP contribution >= 0.6 is 11.6 Å². The third-order valence-electron chi connectivity index (χ3n) is 3.23. The number of hydrogen-bond acceptors (Lipinski definition) is 4. The second kappa shape index (κ2) is 5.61. The Bertz CT molecular complexity index is 786. The van der Waals surface area contributed by atoms with Crippen molar-refractivity contribution in [2.45, 2.75) is 5.88 Å². The smallest absolute Gasteiger partial charge is 0.164 e. The Morgan fingerprint density at radius 2 is 1.95 bits per heavy atom. The first-order valence-electron chi connectivity index (χ1n) is 6.39. The quantitative estimate of drug-likeness (QED) is 0.695. The number of imidazole rings is 1. The Morgan fingerprint density at radius 1 is 1.14 bits per heavy atom. The average molecular weight is 304 g/mol. The first-order chi connectivity index (χ1) is 10.3. The molecular formula is C15H14ClN3O2. The van der Waals surface area contributed by atoms with E-state index in [0.29, 0.717) is 17.4 Å². The van der Waals surface area contributed by atoms with Gasteiger partial charge in [-0.1, -0.05) is 0 Å². The molecule has 0 spiro atoms. The molecule has 1 aromatic carbocycles. The van der Waals surface area contributed by atoms with Gasteiger partial charge in [-0.3, -0.25) is 4.57 Å². The largest absolute Gasteiger partial charge is 0.493 e. The molecule has 5 nitrogen and oxygen atoms in total. The fourth-order valence-corrected chi connectivity index (χ4v) is 2.46. The van der Waals surface area contributed by atoms with Gasteiger partial charge in [-0.05, 0) is 24.3 Å². The van der Waals surface area contributed by atoms with Gasteiger partial charge >= 0.3 is 0 Å². The van der Waals surface area contributed by atoms with Crippen molar-refractivity contribution in [1.82, 2.24) is 14.5 Å². The minimum Gasteiger partial charge on any atom is -0.493 e. The number of alkyl halides is 1. The van der Waals surface area contributed by atoms with Crippen LogP contribution in [0.2, 0.25) is 0 Å². The molecule has 0 radical (unpaired) electrons. The third kappa shape index (κ3) is 2.29. The summed E-state index contributed by atoms with van der Waals surface area (Å²) in [6.45, 7) is 0. The molecule has 108 valence electrons. The predicted octanol–water partition coefficient (Wildman–Crippen LogP) is 3.18. The molecule has 0 atom stereocenters. The van der Waals surface area contributed by atoms with Gasteiger partial charge in [0.15, 0.2) is 17.1 Å². The predicted molar refractivity (Wildman–Crippen MR) is 81.5 cm³/mol. The molecule has 0 aliphatic rings. The molecule has 3 rings (SSSR count). The van der Waals surface area contributed by atoms with Crippen LogP contribution in [0.15, 0.2) is 36.5 Å². The molecule has 0 aliphatic heterocycles. The molecule has 0 bridgehead atoms. The number of pyridine rings is 1. The van der Waals surface area contributed by atoms with Gasteiger partial charge in [0, 0.05) is 12.3 Å². The summed E-state index contributed by atoms with van der Waals surface area (Å²) in [5.74, 6) is 2.35. The minimum absolute atomic E-state index is 0.296. The first kappa shape index (κ1) is 13.7. The topological polar surface area (TPSA) is 49.2 Å². The van der Waals surface area contributed by atoms with Crippen molar-refractivity contribution in [1.29, 1.82) is 0 Å². The Balaban J connectivity index is 2.24. The zero-order valence-electron chi connectivity index (χ0n) is 11.7. The molecular weight excluding hydrogens is 290 g/mol. The van der Waals surface area contributed by atoms with E-state index in [1.807, 2.05) is 34.9 Å². The van der Waals surface area contributed by atoms with Gasteiger partial charge in [-0.2, -0.15) is 0 Å². The lowest BCUT2D eigenvalue weighted by atomic mass is 10.2. The van der Waals surface area contributed by atoms with Crippen molar-refractivity contribution in [2.75, 3.05) is 14.2 Å². The summed E-state index contributed by atoms with van der Waals surface area (Å²) in [6.07, 6.45) is 1.74. The van der Waals surface area contributed by atoms with E-state index in [0.717, 1.165) is 22.7 Å². The van der Waals surface area contributed by atoms with Crippen molar-refractivity contribution in [2.24, 2.45) is 0 Å². The fraction of sp³-hybridized carbons (Fsp3) is 0.200. The SMILES string of the molecule is COc1ccc(-n2c(CCl)nc3cccnc32)cc1OC. The molecule has 0 saturated heterocycles. The van der Waals surface area contributed by atoms with Crippen LogP contribution in [0, 0.1) is 0 Å². The van der Waals surface area contributed by atoms with Gasteiger partial charge in [0.25, 0.3) is 0 Å². The Kier molecular flexibility index (Phi) is 3.66. The lowest BCUT2D eigenvalue weighted by Crippen LogP contribution is -2.01. The number of nitrogens with zero attached hydrogens (tertiary/aromatic N) is 3. The molecule has 2 aromatic heterocycles. The summed E-state index contributed by atoms with van der Waals surface area (Å²) in [4.78, 5) is 8.90. The molecule has 0 unspecified atom stereocenters. The van der Waals surface area contributed by atoms with Crippen LogP contribution in [0.25, 0.3) is 16.9 Å². The van der Waals surface area contributed by atoms with Gasteiger partial charge in [-0.25, -0.2) is 9.97 Å². The molecule has 0 aliphatic carbocycles. The van der Waals surface area contributed by atoms with Crippen LogP contribution in [-0.4, -0.2) is 28.8 Å². The van der Waals surface area contributed by atoms with Gasteiger partial charge < -0.3 is 9.47 Å². The maximum atomic E-state index is 6.02. The highest BCUT2D eigenvalue weighted by Crippen LogP contribution is 2.31. The number of ether oxygens (including phenoxy) is 2. The lowest BCUT2D eigenvalue weighted by molar-refractivity contribution is 0.355. The monoisotopic (exact) mass is 303 g/mol. The van der Waals surface area contributed by atoms with Gasteiger partial charge in [0.05, 0.1) is 25.8 Å². The molecule has 6 heteroatoms. The van der Waals surface area contributed by atoms with Crippen LogP contribution in [0.5, 0.6) is 11.5 Å². The van der Waals surface area contributed by atoms with E-state index in [2.05, 4.69) is 9.97 Å². The van der Waals surface area contributed by atoms with E-state index in [1.54, 1.807) is 20.4 Å². The first-order valence-corrected chi connectivity index (χ1v) is 6.92. The van der Waals surface area contributed by atoms with Crippen LogP contribution in [0.3, 0.4) is 0 Å². The molecule has 3 aromatic rings. The number of aromatic nitrogens is 3. The van der Waals surface area contributed by atoms with Crippen LogP contribution in [0.4, 0.5) is 0 Å². The normalized spacial score (nSPS) is 10.8. The summed E-state index contributed by atoms with van der Waals surface area (Å²) >= 11 is 6.02. The number of hydrogen-bond donors (Lipinski definition) is 0. The van der Waals surface area contributed by atoms with E-state index in [-0.39, 0.29) is 0 Å². The van der Waals surface area contributed by atoms with Crippen molar-refractivity contribution < 1.29 is 9.47 Å². The number of fused-ring (bicyclic) bond motifs is 1. The maximum Gasteiger partial charge on any atom is 0.164 e. The average Bonchev–Trinajstić information content (AvgIpc) is 2.92. The van der Waals surface area contributed by atoms with Crippen LogP contribution < -0.4 is 9.47 Å². The van der Waals surface area contributed by atoms with Crippen molar-refractivity contribution >= 4 is 22.8 Å². The van der Waals surface area contributed by atoms with Crippen LogP contribution in [0.1, 0.15) is 5.82 Å². The minimum atomic E-state index is 0.296. The molecule has 0 fully saturated rings. The summed E-state index contributed by atoms with van der Waals surface area (Å²) in [7, 11) is 3.21. The molecule has 0 N–H and O–H groups in total. The molecule has 0 saturated carbocycles. The van der Waals surface area contributed by atoms with Crippen molar-refractivity contribution in [3.05, 3.63) is 42.4 Å². The Morgan fingerprint density at radius 3 is 2.67 bits per heavy atom. The second-order valence-corrected chi connectivity index (χ2v) is 4.65. The van der Waals surface area contributed by atoms with Gasteiger partial charge in [0.1, 0.15) is 11.3 Å². The van der Waals surface area contributed by atoms with E-state index in [1.165, 1.54) is 0 Å². The van der Waals surface area contributed by atoms with E-state index < -0.39 is 0 Å². The maximum absolute atomic E-state index is 6.02.